The molecule has 3 atom stereocenters. The number of urea groups is 1. The van der Waals surface area contributed by atoms with Crippen LogP contribution in [0.3, 0.4) is 0 Å². The Morgan fingerprint density at radius 2 is 1.84 bits per heavy atom. The molecule has 5 N–H and O–H groups in total. The maximum atomic E-state index is 13.0. The van der Waals surface area contributed by atoms with Crippen LogP contribution in [0.1, 0.15) is 39.5 Å². The molecule has 0 bridgehead atoms. The van der Waals surface area contributed by atoms with Crippen LogP contribution in [0, 0.1) is 0 Å². The van der Waals surface area contributed by atoms with Gasteiger partial charge in [-0.25, -0.2) is 9.18 Å². The highest BCUT2D eigenvalue weighted by Crippen LogP contribution is 2.17. The Labute approximate surface area is 182 Å². The molecule has 0 aromatic rings. The Balaban J connectivity index is 6.04. The zero-order valence-corrected chi connectivity index (χ0v) is 18.1. The average Bonchev–Trinajstić information content (AvgIpc) is 2.70. The molecule has 0 aliphatic carbocycles. The summed E-state index contributed by atoms with van der Waals surface area (Å²) in [5, 5.41) is 13.9. The van der Waals surface area contributed by atoms with Crippen LogP contribution in [0.25, 0.3) is 0 Å². The van der Waals surface area contributed by atoms with Gasteiger partial charge in [-0.15, -0.1) is 6.58 Å². The highest BCUT2D eigenvalue weighted by atomic mass is 19.1. The van der Waals surface area contributed by atoms with E-state index < -0.39 is 55.0 Å². The number of carboxylic acid groups (broad SMARTS) is 1. The fourth-order valence-corrected chi connectivity index (χ4v) is 3.07. The number of carbonyl (C=O) groups is 4. The lowest BCUT2D eigenvalue weighted by Crippen LogP contribution is -2.59. The Kier molecular flexibility index (Phi) is 13.4. The fourth-order valence-electron chi connectivity index (χ4n) is 3.07. The Morgan fingerprint density at radius 1 is 1.19 bits per heavy atom. The minimum atomic E-state index is -1.50. The van der Waals surface area contributed by atoms with Gasteiger partial charge in [0.05, 0.1) is 18.6 Å². The molecule has 0 aromatic heterocycles. The molecule has 0 saturated heterocycles. The number of hydrogen-bond donors (Lipinski definition) is 4. The molecule has 174 valence electrons. The number of halogens is 1. The topological polar surface area (TPSA) is 142 Å². The summed E-state index contributed by atoms with van der Waals surface area (Å²) in [6.07, 6.45) is 4.67. The molecule has 0 spiro atoms. The van der Waals surface area contributed by atoms with Gasteiger partial charge in [0, 0.05) is 6.54 Å². The molecule has 10 heteroatoms. The van der Waals surface area contributed by atoms with Gasteiger partial charge in [-0.1, -0.05) is 44.2 Å². The lowest BCUT2D eigenvalue weighted by Gasteiger charge is -2.37. The fraction of sp³-hybridized carbons (Fsp3) is 0.524. The Hall–Kier alpha value is -3.01. The van der Waals surface area contributed by atoms with Crippen molar-refractivity contribution in [1.29, 1.82) is 0 Å². The predicted octanol–water partition coefficient (Wildman–Crippen LogP) is 1.66. The summed E-state index contributed by atoms with van der Waals surface area (Å²) < 4.78 is 12.9. The zero-order valence-electron chi connectivity index (χ0n) is 18.1. The monoisotopic (exact) mass is 440 g/mol. The molecule has 2 unspecified atom stereocenters. The summed E-state index contributed by atoms with van der Waals surface area (Å²) >= 11 is 0. The lowest BCUT2D eigenvalue weighted by atomic mass is 10.0. The number of nitrogens with two attached hydrogens (primary N) is 1. The van der Waals surface area contributed by atoms with Gasteiger partial charge in [0.25, 0.3) is 0 Å². The molecule has 0 aromatic carbocycles. The van der Waals surface area contributed by atoms with Gasteiger partial charge >= 0.3 is 12.0 Å². The number of nitrogens with zero attached hydrogens (tertiary/aromatic N) is 1. The van der Waals surface area contributed by atoms with Crippen LogP contribution in [0.4, 0.5) is 9.18 Å². The van der Waals surface area contributed by atoms with Gasteiger partial charge in [0.15, 0.2) is 5.78 Å². The summed E-state index contributed by atoms with van der Waals surface area (Å²) in [5.41, 5.74) is 6.21. The summed E-state index contributed by atoms with van der Waals surface area (Å²) in [7, 11) is 0. The molecule has 0 rings (SSSR count). The largest absolute Gasteiger partial charge is 0.481 e. The van der Waals surface area contributed by atoms with Crippen LogP contribution in [0.2, 0.25) is 0 Å². The van der Waals surface area contributed by atoms with Crippen molar-refractivity contribution >= 4 is 23.7 Å². The molecule has 0 saturated carbocycles. The third-order valence-corrected chi connectivity index (χ3v) is 4.60. The van der Waals surface area contributed by atoms with Crippen molar-refractivity contribution in [1.82, 2.24) is 15.5 Å². The van der Waals surface area contributed by atoms with Crippen molar-refractivity contribution in [2.45, 2.75) is 57.8 Å². The second-order valence-electron chi connectivity index (χ2n) is 6.82. The molecule has 3 amide bonds. The van der Waals surface area contributed by atoms with Gasteiger partial charge < -0.3 is 21.5 Å². The van der Waals surface area contributed by atoms with Crippen LogP contribution in [-0.2, 0) is 14.4 Å². The van der Waals surface area contributed by atoms with Crippen molar-refractivity contribution in [2.75, 3.05) is 13.2 Å². The molecule has 0 heterocycles. The van der Waals surface area contributed by atoms with Gasteiger partial charge in [0.1, 0.15) is 12.7 Å². The van der Waals surface area contributed by atoms with E-state index in [1.807, 2.05) is 6.92 Å². The second-order valence-corrected chi connectivity index (χ2v) is 6.82. The summed E-state index contributed by atoms with van der Waals surface area (Å²) in [6.45, 7) is 9.84. The predicted molar refractivity (Wildman–Crippen MR) is 116 cm³/mol. The highest BCUT2D eigenvalue weighted by molar-refractivity contribution is 5.93. The SMILES string of the molecule is C=C/C=C(\CC)CN(C(CC=C)NC(N)=O)[C@@H](CC)C(=O)NC(CC(=O)O)C(=O)CF. The normalized spacial score (nSPS) is 14.3. The smallest absolute Gasteiger partial charge is 0.313 e. The van der Waals surface area contributed by atoms with E-state index in [1.54, 1.807) is 30.1 Å². The van der Waals surface area contributed by atoms with E-state index >= 15 is 0 Å². The molecular formula is C21H33FN4O5. The van der Waals surface area contributed by atoms with Crippen molar-refractivity contribution in [2.24, 2.45) is 5.73 Å². The molecular weight excluding hydrogens is 407 g/mol. The molecule has 0 radical (unpaired) electrons. The van der Waals surface area contributed by atoms with Gasteiger partial charge in [0.2, 0.25) is 5.91 Å². The lowest BCUT2D eigenvalue weighted by molar-refractivity contribution is -0.141. The number of nitrogens with one attached hydrogen (secondary N) is 2. The van der Waals surface area contributed by atoms with Gasteiger partial charge in [-0.05, 0) is 19.3 Å². The van der Waals surface area contributed by atoms with E-state index in [0.717, 1.165) is 5.57 Å². The van der Waals surface area contributed by atoms with E-state index in [2.05, 4.69) is 23.8 Å². The molecule has 0 aliphatic heterocycles. The Morgan fingerprint density at radius 3 is 2.26 bits per heavy atom. The first-order valence-corrected chi connectivity index (χ1v) is 9.98. The quantitative estimate of drug-likeness (QED) is 0.163. The number of amides is 3. The summed E-state index contributed by atoms with van der Waals surface area (Å²) in [4.78, 5) is 49.1. The van der Waals surface area contributed by atoms with Gasteiger partial charge in [-0.2, -0.15) is 0 Å². The standard InChI is InChI=1S/C21H33FN4O5/c1-5-9-14(7-3)13-26(18(10-6-2)25-21(23)31)16(8-4)20(30)24-15(11-19(28)29)17(27)12-22/h5-6,9,15-16,18H,1-2,7-8,10-13H2,3-4H3,(H,24,30)(H,28,29)(H3,23,25,31)/b14-9+/t15?,16-,18?/m0/s1. The van der Waals surface area contributed by atoms with Crippen LogP contribution in [0.15, 0.2) is 37.0 Å². The number of allylic oxidation sites excluding steroid dienone is 2. The molecule has 9 nitrogen and oxygen atoms in total. The minimum absolute atomic E-state index is 0.258. The zero-order chi connectivity index (χ0) is 24.0. The number of hydrogen-bond acceptors (Lipinski definition) is 5. The van der Waals surface area contributed by atoms with E-state index in [9.17, 15) is 23.6 Å². The first kappa shape index (κ1) is 28.0. The van der Waals surface area contributed by atoms with Crippen LogP contribution >= 0.6 is 0 Å². The van der Waals surface area contributed by atoms with E-state index in [0.29, 0.717) is 6.42 Å². The van der Waals surface area contributed by atoms with Crippen molar-refractivity contribution in [3.05, 3.63) is 37.0 Å². The van der Waals surface area contributed by atoms with Crippen LogP contribution in [0.5, 0.6) is 0 Å². The number of Topliss-reactive ketones (excluding diaryl/α,β-unsaturated/α-hetero) is 1. The van der Waals surface area contributed by atoms with Crippen molar-refractivity contribution in [3.8, 4) is 0 Å². The highest BCUT2D eigenvalue weighted by Gasteiger charge is 2.33. The Bertz CT molecular complexity index is 695. The number of aliphatic carboxylic acids is 1. The second kappa shape index (κ2) is 14.9. The van der Waals surface area contributed by atoms with Crippen LogP contribution < -0.4 is 16.4 Å². The van der Waals surface area contributed by atoms with E-state index in [1.165, 1.54) is 0 Å². The van der Waals surface area contributed by atoms with Crippen LogP contribution in [-0.4, -0.2) is 65.2 Å². The number of ketones is 1. The molecule has 0 aliphatic rings. The first-order chi connectivity index (χ1) is 14.6. The minimum Gasteiger partial charge on any atom is -0.481 e. The number of rotatable bonds is 16. The first-order valence-electron chi connectivity index (χ1n) is 9.98. The number of carboxylic acids is 1. The number of carbonyl (C=O) groups excluding carboxylic acids is 3. The molecule has 31 heavy (non-hydrogen) atoms. The van der Waals surface area contributed by atoms with Gasteiger partial charge in [-0.3, -0.25) is 19.3 Å². The molecule has 0 fully saturated rings. The van der Waals surface area contributed by atoms with E-state index in [-0.39, 0.29) is 19.4 Å². The summed E-state index contributed by atoms with van der Waals surface area (Å²) in [5.74, 6) is -3.04. The average molecular weight is 441 g/mol. The number of alkyl halides is 1. The third-order valence-electron chi connectivity index (χ3n) is 4.60. The van der Waals surface area contributed by atoms with Crippen molar-refractivity contribution in [3.63, 3.8) is 0 Å². The summed E-state index contributed by atoms with van der Waals surface area (Å²) in [6, 6.07) is -3.17. The maximum absolute atomic E-state index is 13.0. The third kappa shape index (κ3) is 10.0. The van der Waals surface area contributed by atoms with E-state index in [4.69, 9.17) is 10.8 Å². The maximum Gasteiger partial charge on any atom is 0.313 e. The van der Waals surface area contributed by atoms with Crippen molar-refractivity contribution < 1.29 is 28.7 Å². The number of primary amides is 1.